The lowest BCUT2D eigenvalue weighted by molar-refractivity contribution is -0.122. The zero-order chi connectivity index (χ0) is 11.1. The van der Waals surface area contributed by atoms with Crippen LogP contribution in [-0.2, 0) is 4.79 Å². The molecule has 0 bridgehead atoms. The van der Waals surface area contributed by atoms with E-state index >= 15 is 0 Å². The van der Waals surface area contributed by atoms with Crippen LogP contribution in [-0.4, -0.2) is 41.0 Å². The van der Waals surface area contributed by atoms with E-state index in [1.807, 2.05) is 23.5 Å². The van der Waals surface area contributed by atoms with E-state index in [2.05, 4.69) is 11.2 Å². The molecule has 0 aromatic carbocycles. The van der Waals surface area contributed by atoms with Crippen molar-refractivity contribution in [3.8, 4) is 12.3 Å². The minimum absolute atomic E-state index is 0.135. The van der Waals surface area contributed by atoms with Gasteiger partial charge in [-0.1, -0.05) is 0 Å². The second-order valence-corrected chi connectivity index (χ2v) is 5.89. The van der Waals surface area contributed by atoms with Crippen molar-refractivity contribution >= 4 is 29.4 Å². The number of nitrogens with two attached hydrogens (primary N) is 1. The number of terminal acetylenes is 1. The molecule has 0 aromatic heterocycles. The summed E-state index contributed by atoms with van der Waals surface area (Å²) >= 11 is 3.85. The zero-order valence-corrected chi connectivity index (χ0v) is 10.2. The summed E-state index contributed by atoms with van der Waals surface area (Å²) in [5.41, 5.74) is 5.58. The summed E-state index contributed by atoms with van der Waals surface area (Å²) in [6.07, 6.45) is 5.39. The Balaban J connectivity index is 2.18. The molecule has 2 atom stereocenters. The van der Waals surface area contributed by atoms with Crippen LogP contribution in [0.3, 0.4) is 0 Å². The number of amides is 1. The summed E-state index contributed by atoms with van der Waals surface area (Å²) in [4.78, 5) is 11.4. The molecule has 3 N–H and O–H groups in total. The molecule has 84 valence electrons. The first-order valence-corrected chi connectivity index (χ1v) is 7.10. The molecule has 1 aliphatic heterocycles. The van der Waals surface area contributed by atoms with Gasteiger partial charge in [-0.05, 0) is 0 Å². The van der Waals surface area contributed by atoms with Gasteiger partial charge in [0.25, 0.3) is 0 Å². The Morgan fingerprint density at radius 2 is 2.47 bits per heavy atom. The van der Waals surface area contributed by atoms with Gasteiger partial charge in [0.05, 0.1) is 6.04 Å². The predicted octanol–water partition coefficient (Wildman–Crippen LogP) is 0.302. The van der Waals surface area contributed by atoms with Crippen molar-refractivity contribution in [3.05, 3.63) is 0 Å². The number of carbonyl (C=O) groups excluding carboxylic acids is 1. The highest BCUT2D eigenvalue weighted by atomic mass is 32.2. The second-order valence-electron chi connectivity index (χ2n) is 3.33. The fourth-order valence-corrected chi connectivity index (χ4v) is 3.83. The highest BCUT2D eigenvalue weighted by Gasteiger charge is 2.17. The standard InChI is InChI=1S/C10H16N2OS2/c1-2-3-9(11)10(13)12-6-8-7-14-4-5-15-8/h1,8-9H,3-7,11H2,(H,12,13). The quantitative estimate of drug-likeness (QED) is 0.699. The summed E-state index contributed by atoms with van der Waals surface area (Å²) in [6, 6.07) is -0.559. The van der Waals surface area contributed by atoms with Crippen LogP contribution in [0.5, 0.6) is 0 Å². The molecule has 1 rings (SSSR count). The largest absolute Gasteiger partial charge is 0.354 e. The van der Waals surface area contributed by atoms with E-state index in [9.17, 15) is 4.79 Å². The average Bonchev–Trinajstić information content (AvgIpc) is 2.27. The molecule has 0 aliphatic carbocycles. The van der Waals surface area contributed by atoms with Gasteiger partial charge in [-0.15, -0.1) is 12.3 Å². The molecule has 0 spiro atoms. The van der Waals surface area contributed by atoms with Gasteiger partial charge in [-0.3, -0.25) is 4.79 Å². The predicted molar refractivity (Wildman–Crippen MR) is 68.0 cm³/mol. The maximum Gasteiger partial charge on any atom is 0.237 e. The third kappa shape index (κ3) is 4.83. The van der Waals surface area contributed by atoms with Crippen LogP contribution in [0.15, 0.2) is 0 Å². The summed E-state index contributed by atoms with van der Waals surface area (Å²) in [5.74, 6) is 5.74. The van der Waals surface area contributed by atoms with E-state index in [1.165, 1.54) is 11.5 Å². The number of hydrogen-bond acceptors (Lipinski definition) is 4. The van der Waals surface area contributed by atoms with Gasteiger partial charge in [-0.2, -0.15) is 23.5 Å². The Bertz CT molecular complexity index is 246. The van der Waals surface area contributed by atoms with Crippen molar-refractivity contribution in [2.45, 2.75) is 17.7 Å². The Labute approximate surface area is 99.3 Å². The summed E-state index contributed by atoms with van der Waals surface area (Å²) in [5, 5.41) is 3.36. The first-order valence-electron chi connectivity index (χ1n) is 4.90. The molecule has 1 heterocycles. The zero-order valence-electron chi connectivity index (χ0n) is 8.57. The Hall–Kier alpha value is -0.310. The minimum Gasteiger partial charge on any atom is -0.354 e. The Morgan fingerprint density at radius 1 is 1.67 bits per heavy atom. The fourth-order valence-electron chi connectivity index (χ4n) is 1.22. The number of carbonyl (C=O) groups is 1. The maximum absolute atomic E-state index is 11.4. The van der Waals surface area contributed by atoms with Crippen molar-refractivity contribution < 1.29 is 4.79 Å². The van der Waals surface area contributed by atoms with Crippen molar-refractivity contribution in [2.75, 3.05) is 23.8 Å². The minimum atomic E-state index is -0.559. The highest BCUT2D eigenvalue weighted by molar-refractivity contribution is 8.06. The smallest absolute Gasteiger partial charge is 0.237 e. The number of rotatable bonds is 4. The van der Waals surface area contributed by atoms with Gasteiger partial charge < -0.3 is 11.1 Å². The van der Waals surface area contributed by atoms with Crippen LogP contribution in [0, 0.1) is 12.3 Å². The molecule has 1 aliphatic rings. The van der Waals surface area contributed by atoms with Crippen LogP contribution in [0.1, 0.15) is 6.42 Å². The van der Waals surface area contributed by atoms with Crippen molar-refractivity contribution in [2.24, 2.45) is 5.73 Å². The lowest BCUT2D eigenvalue weighted by atomic mass is 10.2. The average molecular weight is 244 g/mol. The first kappa shape index (κ1) is 12.8. The van der Waals surface area contributed by atoms with Crippen molar-refractivity contribution in [1.29, 1.82) is 0 Å². The van der Waals surface area contributed by atoms with E-state index < -0.39 is 6.04 Å². The normalized spacial score (nSPS) is 22.8. The van der Waals surface area contributed by atoms with Gasteiger partial charge in [0.15, 0.2) is 0 Å². The number of thioether (sulfide) groups is 2. The SMILES string of the molecule is C#CCC(N)C(=O)NCC1CSCCS1. The summed E-state index contributed by atoms with van der Waals surface area (Å²) in [7, 11) is 0. The van der Waals surface area contributed by atoms with Crippen LogP contribution >= 0.6 is 23.5 Å². The van der Waals surface area contributed by atoms with E-state index in [0.717, 1.165) is 5.75 Å². The summed E-state index contributed by atoms with van der Waals surface area (Å²) in [6.45, 7) is 0.703. The Morgan fingerprint density at radius 3 is 3.07 bits per heavy atom. The molecular weight excluding hydrogens is 228 g/mol. The molecule has 0 radical (unpaired) electrons. The van der Waals surface area contributed by atoms with Gasteiger partial charge in [0, 0.05) is 35.5 Å². The van der Waals surface area contributed by atoms with E-state index in [1.54, 1.807) is 0 Å². The lowest BCUT2D eigenvalue weighted by Gasteiger charge is -2.21. The van der Waals surface area contributed by atoms with Crippen LogP contribution in [0.4, 0.5) is 0 Å². The molecule has 0 aromatic rings. The first-order chi connectivity index (χ1) is 7.24. The molecular formula is C10H16N2OS2. The molecule has 1 saturated heterocycles. The molecule has 1 amide bonds. The third-order valence-electron chi connectivity index (χ3n) is 2.06. The van der Waals surface area contributed by atoms with E-state index in [4.69, 9.17) is 12.2 Å². The molecule has 15 heavy (non-hydrogen) atoms. The Kier molecular flexibility index (Phi) is 5.99. The van der Waals surface area contributed by atoms with Gasteiger partial charge >= 0.3 is 0 Å². The molecule has 0 saturated carbocycles. The van der Waals surface area contributed by atoms with E-state index in [0.29, 0.717) is 18.2 Å². The fraction of sp³-hybridized carbons (Fsp3) is 0.700. The molecule has 5 heteroatoms. The van der Waals surface area contributed by atoms with Gasteiger partial charge in [-0.25, -0.2) is 0 Å². The van der Waals surface area contributed by atoms with Crippen molar-refractivity contribution in [3.63, 3.8) is 0 Å². The highest BCUT2D eigenvalue weighted by Crippen LogP contribution is 2.23. The van der Waals surface area contributed by atoms with Crippen LogP contribution < -0.4 is 11.1 Å². The maximum atomic E-state index is 11.4. The molecule has 1 fully saturated rings. The molecule has 3 nitrogen and oxygen atoms in total. The monoisotopic (exact) mass is 244 g/mol. The van der Waals surface area contributed by atoms with Crippen LogP contribution in [0.25, 0.3) is 0 Å². The van der Waals surface area contributed by atoms with Gasteiger partial charge in [0.1, 0.15) is 0 Å². The molecule has 2 unspecified atom stereocenters. The number of nitrogens with one attached hydrogen (secondary N) is 1. The topological polar surface area (TPSA) is 55.1 Å². The third-order valence-corrected chi connectivity index (χ3v) is 4.91. The van der Waals surface area contributed by atoms with Crippen molar-refractivity contribution in [1.82, 2.24) is 5.32 Å². The van der Waals surface area contributed by atoms with Crippen LogP contribution in [0.2, 0.25) is 0 Å². The lowest BCUT2D eigenvalue weighted by Crippen LogP contribution is -2.43. The number of hydrogen-bond donors (Lipinski definition) is 2. The summed E-state index contributed by atoms with van der Waals surface area (Å²) < 4.78 is 0. The van der Waals surface area contributed by atoms with E-state index in [-0.39, 0.29) is 5.91 Å². The second kappa shape index (κ2) is 7.04. The van der Waals surface area contributed by atoms with Gasteiger partial charge in [0.2, 0.25) is 5.91 Å².